The van der Waals surface area contributed by atoms with Gasteiger partial charge < -0.3 is 5.11 Å². The second-order valence-electron chi connectivity index (χ2n) is 3.00. The zero-order valence-electron chi connectivity index (χ0n) is 8.24. The number of benzene rings is 1. The van der Waals surface area contributed by atoms with E-state index in [9.17, 15) is 5.11 Å². The minimum atomic E-state index is 0.196. The molecule has 1 heterocycles. The van der Waals surface area contributed by atoms with Crippen molar-refractivity contribution >= 4 is 65.8 Å². The van der Waals surface area contributed by atoms with Crippen LogP contribution >= 0.6 is 31.9 Å². The zero-order chi connectivity index (χ0) is 12.3. The van der Waals surface area contributed by atoms with Gasteiger partial charge in [0.05, 0.1) is 4.47 Å². The van der Waals surface area contributed by atoms with Crippen molar-refractivity contribution in [1.29, 1.82) is 0 Å². The molecule has 3 nitrogen and oxygen atoms in total. The van der Waals surface area contributed by atoms with Crippen molar-refractivity contribution in [1.82, 2.24) is 4.98 Å². The number of hydrogen-bond acceptors (Lipinski definition) is 3. The molecule has 6 heteroatoms. The van der Waals surface area contributed by atoms with Crippen LogP contribution in [0, 0.1) is 6.92 Å². The van der Waals surface area contributed by atoms with Crippen LogP contribution in [0.3, 0.4) is 0 Å². The van der Waals surface area contributed by atoms with E-state index in [1.165, 1.54) is 0 Å². The molecule has 2 aromatic rings. The van der Waals surface area contributed by atoms with Gasteiger partial charge in [-0.15, -0.1) is 0 Å². The molecule has 1 aromatic carbocycles. The Morgan fingerprint density at radius 2 is 1.94 bits per heavy atom. The van der Waals surface area contributed by atoms with Gasteiger partial charge in [-0.2, -0.15) is 0 Å². The molecule has 0 aliphatic rings. The summed E-state index contributed by atoms with van der Waals surface area (Å²) in [6, 6.07) is 3.77. The van der Waals surface area contributed by atoms with Crippen molar-refractivity contribution in [3.63, 3.8) is 0 Å². The summed E-state index contributed by atoms with van der Waals surface area (Å²) in [6.45, 7) is 1.93. The van der Waals surface area contributed by atoms with E-state index in [-0.39, 0.29) is 5.75 Å². The Balaban J connectivity index is 0.000000606. The van der Waals surface area contributed by atoms with E-state index >= 15 is 0 Å². The van der Waals surface area contributed by atoms with Gasteiger partial charge in [0, 0.05) is 16.1 Å². The van der Waals surface area contributed by atoms with Crippen molar-refractivity contribution in [3.05, 3.63) is 32.8 Å². The average Bonchev–Trinajstić information content (AvgIpc) is 2.36. The Morgan fingerprint density at radius 1 is 1.31 bits per heavy atom. The summed E-state index contributed by atoms with van der Waals surface area (Å²) in [5.41, 5.74) is 1.58. The second kappa shape index (κ2) is 6.08. The summed E-state index contributed by atoms with van der Waals surface area (Å²) in [7, 11) is 0. The number of phenols is 1. The summed E-state index contributed by atoms with van der Waals surface area (Å²) in [5.74, 6) is 0.196. The maximum absolute atomic E-state index is 9.83. The molecule has 1 radical (unpaired) electrons. The van der Waals surface area contributed by atoms with Crippen molar-refractivity contribution in [3.8, 4) is 5.75 Å². The molecule has 0 saturated heterocycles. The number of nitrogens with zero attached hydrogens (tertiary/aromatic N) is 1. The first-order valence-electron chi connectivity index (χ1n) is 4.22. The second-order valence-corrected chi connectivity index (χ2v) is 4.59. The molecule has 0 bridgehead atoms. The maximum atomic E-state index is 9.83. The molecule has 16 heavy (non-hydrogen) atoms. The van der Waals surface area contributed by atoms with Crippen molar-refractivity contribution < 1.29 is 8.12 Å². The Kier molecular flexibility index (Phi) is 5.35. The Hall–Kier alpha value is 0.00818. The van der Waals surface area contributed by atoms with E-state index in [1.54, 1.807) is 6.20 Å². The predicted octanol–water partition coefficient (Wildman–Crippen LogP) is 3.27. The van der Waals surface area contributed by atoms with Crippen molar-refractivity contribution in [2.24, 2.45) is 0 Å². The molecule has 0 aliphatic heterocycles. The zero-order valence-corrected chi connectivity index (χ0v) is 14.0. The van der Waals surface area contributed by atoms with Gasteiger partial charge in [0.25, 0.3) is 0 Å². The van der Waals surface area contributed by atoms with Crippen LogP contribution in [0.1, 0.15) is 5.56 Å². The third-order valence-electron chi connectivity index (χ3n) is 2.13. The number of hydrogen-bond donors (Lipinski definition) is 1. The van der Waals surface area contributed by atoms with Crippen LogP contribution in [-0.4, -0.2) is 33.1 Å². The summed E-state index contributed by atoms with van der Waals surface area (Å²) in [6.07, 6.45) is 1.66. The molecule has 0 aliphatic carbocycles. The van der Waals surface area contributed by atoms with E-state index in [0.717, 1.165) is 15.4 Å². The standard InChI is InChI=1S/C10H7Br2NO.O.Sb/c1-5-7(11)6-3-2-4-13-9(6)10(14)8(5)12;;/h2-4,14H,1H3;;. The molecule has 2 rings (SSSR count). The van der Waals surface area contributed by atoms with Crippen LogP contribution in [0.5, 0.6) is 5.75 Å². The van der Waals surface area contributed by atoms with Crippen LogP contribution < -0.4 is 0 Å². The molecule has 0 atom stereocenters. The SMILES string of the molecule is Cc1c(Br)c(O)c2ncccc2c1Br.[O]=[Sb]. The van der Waals surface area contributed by atoms with Crippen molar-refractivity contribution in [2.75, 3.05) is 0 Å². The minimum absolute atomic E-state index is 0.196. The third kappa shape index (κ3) is 2.47. The molecule has 1 N–H and O–H groups in total. The van der Waals surface area contributed by atoms with Gasteiger partial charge in [-0.05, 0) is 56.5 Å². The number of pyridine rings is 1. The molecular weight excluding hydrogens is 448 g/mol. The van der Waals surface area contributed by atoms with Crippen molar-refractivity contribution in [2.45, 2.75) is 6.92 Å². The number of rotatable bonds is 0. The van der Waals surface area contributed by atoms with Gasteiger partial charge >= 0.3 is 26.0 Å². The molecular formula is C10H7Br2NO2Sb. The van der Waals surface area contributed by atoms with Gasteiger partial charge in [0.2, 0.25) is 0 Å². The topological polar surface area (TPSA) is 50.2 Å². The first kappa shape index (κ1) is 14.1. The summed E-state index contributed by atoms with van der Waals surface area (Å²) in [4.78, 5) is 4.13. The van der Waals surface area contributed by atoms with Gasteiger partial charge in [-0.25, -0.2) is 0 Å². The predicted molar refractivity (Wildman–Crippen MR) is 70.0 cm³/mol. The van der Waals surface area contributed by atoms with E-state index in [4.69, 9.17) is 3.02 Å². The monoisotopic (exact) mass is 452 g/mol. The van der Waals surface area contributed by atoms with Crippen LogP contribution in [0.2, 0.25) is 0 Å². The number of aromatic nitrogens is 1. The Labute approximate surface area is 123 Å². The summed E-state index contributed by atoms with van der Waals surface area (Å²) >= 11 is 7.32. The molecule has 0 saturated carbocycles. The van der Waals surface area contributed by atoms with Crippen LogP contribution in [0.25, 0.3) is 10.9 Å². The summed E-state index contributed by atoms with van der Waals surface area (Å²) in [5, 5.41) is 10.8. The molecule has 0 amide bonds. The number of aromatic hydroxyl groups is 1. The Morgan fingerprint density at radius 3 is 2.56 bits per heavy atom. The van der Waals surface area contributed by atoms with Gasteiger partial charge in [0.1, 0.15) is 5.52 Å². The molecule has 0 unspecified atom stereocenters. The van der Waals surface area contributed by atoms with Gasteiger partial charge in [-0.1, -0.05) is 0 Å². The van der Waals surface area contributed by atoms with Crippen LogP contribution in [-0.2, 0) is 3.02 Å². The van der Waals surface area contributed by atoms with E-state index < -0.39 is 0 Å². The first-order valence-corrected chi connectivity index (χ1v) is 6.85. The fraction of sp³-hybridized carbons (Fsp3) is 0.100. The molecule has 83 valence electrons. The van der Waals surface area contributed by atoms with Crippen LogP contribution in [0.15, 0.2) is 27.3 Å². The average molecular weight is 455 g/mol. The molecule has 0 spiro atoms. The van der Waals surface area contributed by atoms with Crippen LogP contribution in [0.4, 0.5) is 0 Å². The quantitative estimate of drug-likeness (QED) is 0.622. The Bertz CT molecular complexity index is 487. The number of halogens is 2. The summed E-state index contributed by atoms with van der Waals surface area (Å²) < 4.78 is 9.95. The van der Waals surface area contributed by atoms with Gasteiger partial charge in [-0.3, -0.25) is 4.98 Å². The first-order chi connectivity index (χ1) is 7.63. The molecule has 1 aromatic heterocycles. The fourth-order valence-corrected chi connectivity index (χ4v) is 2.52. The molecule has 0 fully saturated rings. The number of fused-ring (bicyclic) bond motifs is 1. The van der Waals surface area contributed by atoms with E-state index in [2.05, 4.69) is 36.8 Å². The third-order valence-corrected chi connectivity index (χ3v) is 4.13. The fourth-order valence-electron chi connectivity index (χ4n) is 1.35. The van der Waals surface area contributed by atoms with E-state index in [0.29, 0.717) is 33.0 Å². The van der Waals surface area contributed by atoms with E-state index in [1.807, 2.05) is 19.1 Å². The normalized spacial score (nSPS) is 9.69. The van der Waals surface area contributed by atoms with Gasteiger partial charge in [0.15, 0.2) is 5.75 Å². The number of phenolic OH excluding ortho intramolecular Hbond substituents is 1.